The van der Waals surface area contributed by atoms with Crippen molar-refractivity contribution in [1.29, 1.82) is 0 Å². The molecule has 0 radical (unpaired) electrons. The van der Waals surface area contributed by atoms with Gasteiger partial charge in [0.1, 0.15) is 5.82 Å². The first-order valence-electron chi connectivity index (χ1n) is 11.2. The minimum atomic E-state index is -3.52. The summed E-state index contributed by atoms with van der Waals surface area (Å²) < 4.78 is 15.3. The highest BCUT2D eigenvalue weighted by molar-refractivity contribution is 5.93. The van der Waals surface area contributed by atoms with Gasteiger partial charge in [-0.2, -0.15) is 4.98 Å². The highest BCUT2D eigenvalue weighted by atomic mass is 19.1. The van der Waals surface area contributed by atoms with Gasteiger partial charge < -0.3 is 25.1 Å². The maximum absolute atomic E-state index is 15.0. The van der Waals surface area contributed by atoms with Gasteiger partial charge in [0.15, 0.2) is 5.82 Å². The molecule has 0 amide bonds. The second kappa shape index (κ2) is 8.49. The fourth-order valence-corrected chi connectivity index (χ4v) is 4.90. The van der Waals surface area contributed by atoms with E-state index in [1.807, 2.05) is 18.2 Å². The second-order valence-electron chi connectivity index (χ2n) is 8.86. The van der Waals surface area contributed by atoms with Crippen LogP contribution in [0.5, 0.6) is 0 Å². The van der Waals surface area contributed by atoms with Crippen molar-refractivity contribution < 1.29 is 19.7 Å². The molecule has 2 aliphatic heterocycles. The number of halogens is 1. The zero-order valence-electron chi connectivity index (χ0n) is 18.7. The Morgan fingerprint density at radius 2 is 1.94 bits per heavy atom. The third-order valence-electron chi connectivity index (χ3n) is 6.46. The standard InChI is InChI=1S/C25H25FN4O4/c1-28-14-12-16(15-28)10-11-17-5-2-8-20-18(17)6-4-13-29(20)23-22-19(26)7-3-9-21(22)30(24(31)27-23)25(32,33)34/h2-3,5,7-9,16,32-34H,4,6,12-15H2,1H3. The van der Waals surface area contributed by atoms with E-state index in [9.17, 15) is 20.1 Å². The van der Waals surface area contributed by atoms with Crippen molar-refractivity contribution in [2.24, 2.45) is 5.92 Å². The summed E-state index contributed by atoms with van der Waals surface area (Å²) in [5.41, 5.74) is 1.38. The predicted molar refractivity (Wildman–Crippen MR) is 125 cm³/mol. The van der Waals surface area contributed by atoms with E-state index in [1.165, 1.54) is 18.2 Å². The third-order valence-corrected chi connectivity index (χ3v) is 6.46. The summed E-state index contributed by atoms with van der Waals surface area (Å²) in [6.45, 7) is 2.47. The number of hydrogen-bond donors (Lipinski definition) is 3. The van der Waals surface area contributed by atoms with Gasteiger partial charge >= 0.3 is 11.8 Å². The van der Waals surface area contributed by atoms with Crippen molar-refractivity contribution in [3.05, 3.63) is 63.8 Å². The van der Waals surface area contributed by atoms with Gasteiger partial charge in [-0.15, -0.1) is 0 Å². The molecule has 0 aliphatic carbocycles. The lowest BCUT2D eigenvalue weighted by molar-refractivity contribution is -0.374. The van der Waals surface area contributed by atoms with Gasteiger partial charge in [0.05, 0.1) is 10.9 Å². The Hall–Kier alpha value is -3.29. The summed E-state index contributed by atoms with van der Waals surface area (Å²) >= 11 is 0. The van der Waals surface area contributed by atoms with E-state index in [1.54, 1.807) is 4.90 Å². The molecule has 1 aromatic heterocycles. The van der Waals surface area contributed by atoms with Gasteiger partial charge in [-0.05, 0) is 62.7 Å². The molecule has 1 saturated heterocycles. The average Bonchev–Trinajstić information content (AvgIpc) is 3.21. The quantitative estimate of drug-likeness (QED) is 0.390. The van der Waals surface area contributed by atoms with Crippen LogP contribution in [0, 0.1) is 23.6 Å². The van der Waals surface area contributed by atoms with Gasteiger partial charge in [-0.1, -0.05) is 24.0 Å². The Morgan fingerprint density at radius 1 is 1.15 bits per heavy atom. The van der Waals surface area contributed by atoms with Gasteiger partial charge in [0.2, 0.25) is 0 Å². The number of aliphatic hydroxyl groups is 3. The van der Waals surface area contributed by atoms with Crippen molar-refractivity contribution in [1.82, 2.24) is 14.5 Å². The van der Waals surface area contributed by atoms with Crippen molar-refractivity contribution in [2.75, 3.05) is 31.6 Å². The number of rotatable bonds is 2. The fourth-order valence-electron chi connectivity index (χ4n) is 4.90. The van der Waals surface area contributed by atoms with Crippen LogP contribution in [-0.4, -0.2) is 56.5 Å². The largest absolute Gasteiger partial charge is 0.377 e. The molecule has 34 heavy (non-hydrogen) atoms. The maximum Gasteiger partial charge on any atom is 0.377 e. The zero-order valence-corrected chi connectivity index (χ0v) is 18.7. The van der Waals surface area contributed by atoms with E-state index < -0.39 is 17.6 Å². The van der Waals surface area contributed by atoms with Crippen molar-refractivity contribution in [2.45, 2.75) is 25.4 Å². The normalized spacial score (nSPS) is 18.6. The summed E-state index contributed by atoms with van der Waals surface area (Å²) in [7, 11) is 2.09. The van der Waals surface area contributed by atoms with E-state index in [-0.39, 0.29) is 21.3 Å². The Kier molecular flexibility index (Phi) is 5.62. The van der Waals surface area contributed by atoms with Crippen molar-refractivity contribution in [3.8, 4) is 11.8 Å². The molecule has 1 unspecified atom stereocenters. The van der Waals surface area contributed by atoms with E-state index >= 15 is 4.39 Å². The second-order valence-corrected chi connectivity index (χ2v) is 8.86. The first-order valence-corrected chi connectivity index (χ1v) is 11.2. The molecule has 0 spiro atoms. The Morgan fingerprint density at radius 3 is 2.68 bits per heavy atom. The lowest BCUT2D eigenvalue weighted by atomic mass is 9.95. The molecule has 2 aliphatic rings. The number of hydrogen-bond acceptors (Lipinski definition) is 7. The van der Waals surface area contributed by atoms with Gasteiger partial charge in [-0.25, -0.2) is 13.8 Å². The predicted octanol–water partition coefficient (Wildman–Crippen LogP) is 1.47. The van der Waals surface area contributed by atoms with E-state index in [4.69, 9.17) is 0 Å². The molecule has 8 nitrogen and oxygen atoms in total. The SMILES string of the molecule is CN1CCC(C#Cc2cccc3c2CCCN3c2nc(=O)n(C(O)(O)O)c3cccc(F)c23)C1. The summed E-state index contributed by atoms with van der Waals surface area (Å²) in [6.07, 6.45) is -0.960. The van der Waals surface area contributed by atoms with Crippen LogP contribution in [0.4, 0.5) is 15.9 Å². The van der Waals surface area contributed by atoms with Crippen LogP contribution in [0.2, 0.25) is 0 Å². The molecule has 1 atom stereocenters. The molecule has 3 heterocycles. The van der Waals surface area contributed by atoms with Gasteiger partial charge in [0.25, 0.3) is 0 Å². The summed E-state index contributed by atoms with van der Waals surface area (Å²) in [4.78, 5) is 20.7. The minimum Gasteiger partial charge on any atom is -0.325 e. The molecular formula is C25H25FN4O4. The number of anilines is 2. The molecule has 9 heteroatoms. The van der Waals surface area contributed by atoms with Crippen LogP contribution < -0.4 is 10.6 Å². The number of likely N-dealkylation sites (tertiary alicyclic amines) is 1. The van der Waals surface area contributed by atoms with Crippen molar-refractivity contribution in [3.63, 3.8) is 0 Å². The molecule has 176 valence electrons. The molecule has 3 N–H and O–H groups in total. The molecule has 0 saturated carbocycles. The van der Waals surface area contributed by atoms with Crippen LogP contribution in [0.3, 0.4) is 0 Å². The first-order chi connectivity index (χ1) is 16.2. The lowest BCUT2D eigenvalue weighted by Crippen LogP contribution is -2.43. The van der Waals surface area contributed by atoms with E-state index in [0.29, 0.717) is 12.5 Å². The zero-order chi connectivity index (χ0) is 24.0. The highest BCUT2D eigenvalue weighted by Crippen LogP contribution is 2.38. The lowest BCUT2D eigenvalue weighted by Gasteiger charge is -2.32. The van der Waals surface area contributed by atoms with Crippen LogP contribution in [-0.2, 0) is 12.5 Å². The Bertz CT molecular complexity index is 1390. The van der Waals surface area contributed by atoms with Crippen LogP contribution in [0.1, 0.15) is 24.0 Å². The van der Waals surface area contributed by atoms with Crippen LogP contribution in [0.15, 0.2) is 41.2 Å². The number of benzene rings is 2. The van der Waals surface area contributed by atoms with Crippen molar-refractivity contribution >= 4 is 22.4 Å². The Labute approximate surface area is 195 Å². The highest BCUT2D eigenvalue weighted by Gasteiger charge is 2.31. The first kappa shape index (κ1) is 22.5. The van der Waals surface area contributed by atoms with E-state index in [2.05, 4.69) is 28.8 Å². The average molecular weight is 464 g/mol. The molecule has 0 bridgehead atoms. The smallest absolute Gasteiger partial charge is 0.325 e. The summed E-state index contributed by atoms with van der Waals surface area (Å²) in [5, 5.41) is 29.0. The van der Waals surface area contributed by atoms with E-state index in [0.717, 1.165) is 49.2 Å². The molecular weight excluding hydrogens is 439 g/mol. The van der Waals surface area contributed by atoms with Gasteiger partial charge in [-0.3, -0.25) is 0 Å². The topological polar surface area (TPSA) is 102 Å². The number of fused-ring (bicyclic) bond motifs is 2. The van der Waals surface area contributed by atoms with Gasteiger partial charge in [0, 0.05) is 30.3 Å². The maximum atomic E-state index is 15.0. The summed E-state index contributed by atoms with van der Waals surface area (Å²) in [5.74, 6) is 6.39. The van der Waals surface area contributed by atoms with Crippen LogP contribution in [0.25, 0.3) is 10.9 Å². The Balaban J connectivity index is 1.65. The molecule has 3 aromatic rings. The third kappa shape index (κ3) is 3.95. The number of aromatic nitrogens is 2. The molecule has 2 aromatic carbocycles. The fraction of sp³-hybridized carbons (Fsp3) is 0.360. The molecule has 1 fully saturated rings. The summed E-state index contributed by atoms with van der Waals surface area (Å²) in [6, 6.07) is 9.58. The number of nitrogens with zero attached hydrogens (tertiary/aromatic N) is 4. The minimum absolute atomic E-state index is 0.0575. The monoisotopic (exact) mass is 464 g/mol. The van der Waals surface area contributed by atoms with Crippen LogP contribution >= 0.6 is 0 Å². The molecule has 5 rings (SSSR count).